The van der Waals surface area contributed by atoms with Gasteiger partial charge in [0.2, 0.25) is 5.91 Å². The third-order valence-corrected chi connectivity index (χ3v) is 3.66. The van der Waals surface area contributed by atoms with Crippen molar-refractivity contribution in [1.29, 1.82) is 0 Å². The molecule has 98 valence electrons. The predicted molar refractivity (Wildman–Crippen MR) is 79.5 cm³/mol. The maximum Gasteiger partial charge on any atom is 0.234 e. The number of hydrogen-bond donors (Lipinski definition) is 2. The highest BCUT2D eigenvalue weighted by molar-refractivity contribution is 8.00. The van der Waals surface area contributed by atoms with E-state index in [1.54, 1.807) is 42.6 Å². The number of anilines is 2. The van der Waals surface area contributed by atoms with Crippen LogP contribution in [0.15, 0.2) is 47.6 Å². The van der Waals surface area contributed by atoms with Gasteiger partial charge in [-0.15, -0.1) is 0 Å². The third-order valence-electron chi connectivity index (χ3n) is 2.24. The zero-order valence-corrected chi connectivity index (χ0v) is 11.5. The summed E-state index contributed by atoms with van der Waals surface area (Å²) in [5, 5.41) is 3.95. The van der Waals surface area contributed by atoms with Gasteiger partial charge in [-0.25, -0.2) is 4.98 Å². The van der Waals surface area contributed by atoms with Crippen LogP contribution < -0.4 is 11.1 Å². The van der Waals surface area contributed by atoms with Crippen molar-refractivity contribution in [3.05, 3.63) is 47.6 Å². The lowest BCUT2D eigenvalue weighted by molar-refractivity contribution is -0.113. The summed E-state index contributed by atoms with van der Waals surface area (Å²) >= 11 is 7.25. The fraction of sp³-hybridized carbons (Fsp3) is 0.0769. The molecule has 2 aromatic rings. The van der Waals surface area contributed by atoms with Crippen molar-refractivity contribution in [2.75, 3.05) is 16.8 Å². The Morgan fingerprint density at radius 2 is 2.21 bits per heavy atom. The lowest BCUT2D eigenvalue weighted by Gasteiger charge is -2.06. The maximum absolute atomic E-state index is 11.8. The van der Waals surface area contributed by atoms with Crippen molar-refractivity contribution in [3.8, 4) is 0 Å². The summed E-state index contributed by atoms with van der Waals surface area (Å²) in [7, 11) is 0. The zero-order valence-electron chi connectivity index (χ0n) is 9.97. The third kappa shape index (κ3) is 4.15. The first-order valence-corrected chi connectivity index (χ1v) is 6.90. The van der Waals surface area contributed by atoms with Crippen LogP contribution in [0.2, 0.25) is 5.02 Å². The molecule has 0 aliphatic carbocycles. The summed E-state index contributed by atoms with van der Waals surface area (Å²) in [6.07, 6.45) is 1.64. The van der Waals surface area contributed by atoms with E-state index in [4.69, 9.17) is 17.3 Å². The molecule has 1 amide bonds. The van der Waals surface area contributed by atoms with Gasteiger partial charge in [0.1, 0.15) is 5.03 Å². The van der Waals surface area contributed by atoms with Crippen molar-refractivity contribution < 1.29 is 4.79 Å². The van der Waals surface area contributed by atoms with Gasteiger partial charge >= 0.3 is 0 Å². The van der Waals surface area contributed by atoms with Crippen LogP contribution in [0, 0.1) is 0 Å². The molecular formula is C13H12ClN3OS. The number of thioether (sulfide) groups is 1. The first-order valence-electron chi connectivity index (χ1n) is 5.54. The number of nitrogens with two attached hydrogens (primary N) is 1. The fourth-order valence-corrected chi connectivity index (χ4v) is 2.39. The molecule has 0 aliphatic heterocycles. The number of nitrogen functional groups attached to an aromatic ring is 1. The van der Waals surface area contributed by atoms with Crippen LogP contribution in [0.5, 0.6) is 0 Å². The van der Waals surface area contributed by atoms with Crippen molar-refractivity contribution in [3.63, 3.8) is 0 Å². The van der Waals surface area contributed by atoms with E-state index in [-0.39, 0.29) is 11.7 Å². The largest absolute Gasteiger partial charge is 0.399 e. The van der Waals surface area contributed by atoms with Crippen LogP contribution in [0.25, 0.3) is 0 Å². The molecule has 1 heterocycles. The Morgan fingerprint density at radius 1 is 1.37 bits per heavy atom. The highest BCUT2D eigenvalue weighted by atomic mass is 35.5. The van der Waals surface area contributed by atoms with E-state index in [9.17, 15) is 4.79 Å². The Labute approximate surface area is 120 Å². The summed E-state index contributed by atoms with van der Waals surface area (Å²) in [6.45, 7) is 0. The Hall–Kier alpha value is -1.72. The second kappa shape index (κ2) is 6.45. The molecule has 2 rings (SSSR count). The maximum atomic E-state index is 11.8. The number of carbonyl (C=O) groups excluding carboxylic acids is 1. The summed E-state index contributed by atoms with van der Waals surface area (Å²) < 4.78 is 0. The average Bonchev–Trinajstić information content (AvgIpc) is 2.38. The van der Waals surface area contributed by atoms with E-state index in [1.807, 2.05) is 0 Å². The Bertz CT molecular complexity index is 592. The highest BCUT2D eigenvalue weighted by Crippen LogP contribution is 2.24. The monoisotopic (exact) mass is 293 g/mol. The van der Waals surface area contributed by atoms with E-state index in [0.717, 1.165) is 0 Å². The number of aromatic nitrogens is 1. The van der Waals surface area contributed by atoms with E-state index in [0.29, 0.717) is 21.4 Å². The molecule has 0 aliphatic rings. The predicted octanol–water partition coefficient (Wildman–Crippen LogP) is 3.05. The van der Waals surface area contributed by atoms with Crippen LogP contribution in [0.3, 0.4) is 0 Å². The SMILES string of the molecule is Nc1cccc(NC(=O)CSc2ncccc2Cl)c1. The second-order valence-corrected chi connectivity index (χ2v) is 5.12. The van der Waals surface area contributed by atoms with Crippen molar-refractivity contribution in [2.24, 2.45) is 0 Å². The Kier molecular flexibility index (Phi) is 4.65. The molecular weight excluding hydrogens is 282 g/mol. The van der Waals surface area contributed by atoms with Gasteiger partial charge in [0.25, 0.3) is 0 Å². The number of nitrogens with zero attached hydrogens (tertiary/aromatic N) is 1. The van der Waals surface area contributed by atoms with Gasteiger partial charge in [-0.05, 0) is 30.3 Å². The molecule has 0 spiro atoms. The second-order valence-electron chi connectivity index (χ2n) is 3.75. The number of nitrogens with one attached hydrogen (secondary N) is 1. The normalized spacial score (nSPS) is 10.2. The topological polar surface area (TPSA) is 68.0 Å². The van der Waals surface area contributed by atoms with Gasteiger partial charge in [-0.1, -0.05) is 29.4 Å². The number of carbonyl (C=O) groups is 1. The van der Waals surface area contributed by atoms with E-state index in [2.05, 4.69) is 10.3 Å². The minimum absolute atomic E-state index is 0.127. The number of amides is 1. The number of halogens is 1. The van der Waals surface area contributed by atoms with Gasteiger partial charge in [0.15, 0.2) is 0 Å². The lowest BCUT2D eigenvalue weighted by Crippen LogP contribution is -2.14. The minimum Gasteiger partial charge on any atom is -0.399 e. The molecule has 0 radical (unpaired) electrons. The molecule has 0 bridgehead atoms. The Morgan fingerprint density at radius 3 is 2.95 bits per heavy atom. The molecule has 0 atom stereocenters. The molecule has 0 fully saturated rings. The van der Waals surface area contributed by atoms with Gasteiger partial charge < -0.3 is 11.1 Å². The van der Waals surface area contributed by atoms with Crippen LogP contribution in [0.1, 0.15) is 0 Å². The molecule has 19 heavy (non-hydrogen) atoms. The molecule has 0 saturated heterocycles. The smallest absolute Gasteiger partial charge is 0.234 e. The minimum atomic E-state index is -0.127. The first kappa shape index (κ1) is 13.7. The molecule has 1 aromatic heterocycles. The summed E-state index contributed by atoms with van der Waals surface area (Å²) in [5.41, 5.74) is 6.92. The summed E-state index contributed by atoms with van der Waals surface area (Å²) in [4.78, 5) is 15.9. The van der Waals surface area contributed by atoms with Crippen molar-refractivity contribution in [2.45, 2.75) is 5.03 Å². The van der Waals surface area contributed by atoms with Crippen LogP contribution in [-0.4, -0.2) is 16.6 Å². The van der Waals surface area contributed by atoms with Gasteiger partial charge in [0, 0.05) is 17.6 Å². The molecule has 0 saturated carbocycles. The van der Waals surface area contributed by atoms with Crippen LogP contribution >= 0.6 is 23.4 Å². The quantitative estimate of drug-likeness (QED) is 0.671. The molecule has 1 aromatic carbocycles. The van der Waals surface area contributed by atoms with E-state index < -0.39 is 0 Å². The number of rotatable bonds is 4. The highest BCUT2D eigenvalue weighted by Gasteiger charge is 2.07. The zero-order chi connectivity index (χ0) is 13.7. The number of benzene rings is 1. The molecule has 4 nitrogen and oxygen atoms in total. The van der Waals surface area contributed by atoms with Gasteiger partial charge in [0.05, 0.1) is 10.8 Å². The number of pyridine rings is 1. The molecule has 0 unspecified atom stereocenters. The van der Waals surface area contributed by atoms with E-state index in [1.165, 1.54) is 11.8 Å². The average molecular weight is 294 g/mol. The van der Waals surface area contributed by atoms with Crippen molar-refractivity contribution >= 4 is 40.6 Å². The summed E-state index contributed by atoms with van der Waals surface area (Å²) in [6, 6.07) is 10.5. The Balaban J connectivity index is 1.90. The standard InChI is InChI=1S/C13H12ClN3OS/c14-11-5-2-6-16-13(11)19-8-12(18)17-10-4-1-3-9(15)7-10/h1-7H,8,15H2,(H,17,18). The van der Waals surface area contributed by atoms with Gasteiger partial charge in [-0.3, -0.25) is 4.79 Å². The summed E-state index contributed by atoms with van der Waals surface area (Å²) in [5.74, 6) is 0.114. The van der Waals surface area contributed by atoms with Crippen LogP contribution in [0.4, 0.5) is 11.4 Å². The first-order chi connectivity index (χ1) is 9.15. The fourth-order valence-electron chi connectivity index (χ4n) is 1.42. The molecule has 6 heteroatoms. The van der Waals surface area contributed by atoms with Crippen LogP contribution in [-0.2, 0) is 4.79 Å². The van der Waals surface area contributed by atoms with Gasteiger partial charge in [-0.2, -0.15) is 0 Å². The molecule has 3 N–H and O–H groups in total. The number of hydrogen-bond acceptors (Lipinski definition) is 4. The van der Waals surface area contributed by atoms with Crippen molar-refractivity contribution in [1.82, 2.24) is 4.98 Å². The lowest BCUT2D eigenvalue weighted by atomic mass is 10.3. The van der Waals surface area contributed by atoms with E-state index >= 15 is 0 Å².